The summed E-state index contributed by atoms with van der Waals surface area (Å²) in [6.45, 7) is 5.96. The second-order valence-electron chi connectivity index (χ2n) is 8.11. The molecular weight excluding hydrogens is 404 g/mol. The zero-order valence-electron chi connectivity index (χ0n) is 18.6. The summed E-state index contributed by atoms with van der Waals surface area (Å²) in [5.74, 6) is 0.339. The maximum absolute atomic E-state index is 13.7. The Kier molecular flexibility index (Phi) is 7.06. The lowest BCUT2D eigenvalue weighted by atomic mass is 9.77. The van der Waals surface area contributed by atoms with Crippen molar-refractivity contribution >= 4 is 22.6 Å². The van der Waals surface area contributed by atoms with Crippen LogP contribution in [-0.4, -0.2) is 16.7 Å². The van der Waals surface area contributed by atoms with Gasteiger partial charge in [0.15, 0.2) is 0 Å². The number of carbonyl (C=O) groups is 1. The average molecular weight is 430 g/mol. The fraction of sp³-hybridized carbons (Fsp3) is 0.286. The van der Waals surface area contributed by atoms with Crippen molar-refractivity contribution in [2.45, 2.75) is 39.5 Å². The van der Waals surface area contributed by atoms with E-state index in [0.29, 0.717) is 6.92 Å². The number of Topliss-reactive ketones (excluding diaryl/α,β-unsaturated/α-hetero) is 1. The summed E-state index contributed by atoms with van der Waals surface area (Å²) in [6, 6.07) is 16.4. The number of hydrogen-bond donors (Lipinski definition) is 0. The quantitative estimate of drug-likeness (QED) is 0.419. The van der Waals surface area contributed by atoms with Gasteiger partial charge in [0, 0.05) is 47.5 Å². The number of ketones is 1. The van der Waals surface area contributed by atoms with Gasteiger partial charge >= 0.3 is 5.92 Å². The second kappa shape index (κ2) is 9.75. The highest BCUT2D eigenvalue weighted by molar-refractivity contribution is 5.87. The number of fused-ring (bicyclic) bond motifs is 1. The third-order valence-electron chi connectivity index (χ3n) is 5.67. The first-order valence-electron chi connectivity index (χ1n) is 10.5. The molecule has 0 amide bonds. The van der Waals surface area contributed by atoms with Crippen LogP contribution < -0.4 is 0 Å². The Morgan fingerprint density at radius 1 is 1.19 bits per heavy atom. The zero-order valence-corrected chi connectivity index (χ0v) is 18.6. The molecule has 0 aliphatic carbocycles. The Hall–Kier alpha value is -3.50. The highest BCUT2D eigenvalue weighted by Gasteiger charge is 2.40. The Morgan fingerprint density at radius 2 is 1.97 bits per heavy atom. The number of hydrogen-bond acceptors (Lipinski definition) is 2. The molecule has 1 unspecified atom stereocenters. The van der Waals surface area contributed by atoms with Crippen LogP contribution in [0.1, 0.15) is 50.3 Å². The molecular formula is C28H25F2NO. The first-order chi connectivity index (χ1) is 15.2. The van der Waals surface area contributed by atoms with E-state index in [0.717, 1.165) is 27.5 Å². The number of aromatic nitrogens is 1. The third kappa shape index (κ3) is 5.40. The van der Waals surface area contributed by atoms with Crippen molar-refractivity contribution in [3.8, 4) is 11.8 Å². The Bertz CT molecular complexity index is 1200. The van der Waals surface area contributed by atoms with Gasteiger partial charge in [-0.05, 0) is 48.2 Å². The van der Waals surface area contributed by atoms with Crippen LogP contribution in [0.4, 0.5) is 8.78 Å². The van der Waals surface area contributed by atoms with Crippen LogP contribution >= 0.6 is 0 Å². The van der Waals surface area contributed by atoms with Gasteiger partial charge < -0.3 is 0 Å². The Labute approximate surface area is 188 Å². The predicted octanol–water partition coefficient (Wildman–Crippen LogP) is 6.50. The van der Waals surface area contributed by atoms with Crippen LogP contribution in [0.2, 0.25) is 0 Å². The van der Waals surface area contributed by atoms with Gasteiger partial charge in [0.05, 0.1) is 0 Å². The van der Waals surface area contributed by atoms with Crippen LogP contribution in [0.3, 0.4) is 0 Å². The molecule has 3 aromatic rings. The third-order valence-corrected chi connectivity index (χ3v) is 5.67. The first kappa shape index (κ1) is 23.2. The van der Waals surface area contributed by atoms with Gasteiger partial charge in [0.2, 0.25) is 5.78 Å². The monoisotopic (exact) mass is 429 g/mol. The fourth-order valence-corrected chi connectivity index (χ4v) is 3.71. The molecule has 3 atom stereocenters. The van der Waals surface area contributed by atoms with Crippen molar-refractivity contribution in [1.82, 2.24) is 4.98 Å². The molecule has 0 radical (unpaired) electrons. The minimum Gasteiger partial charge on any atom is -0.293 e. The lowest BCUT2D eigenvalue weighted by molar-refractivity contribution is -0.146. The summed E-state index contributed by atoms with van der Waals surface area (Å²) in [4.78, 5) is 16.3. The summed E-state index contributed by atoms with van der Waals surface area (Å²) in [5.41, 5.74) is 2.66. The van der Waals surface area contributed by atoms with E-state index >= 15 is 0 Å². The van der Waals surface area contributed by atoms with E-state index in [1.54, 1.807) is 13.1 Å². The topological polar surface area (TPSA) is 30.0 Å². The minimum absolute atomic E-state index is 0.397. The molecule has 0 spiro atoms. The number of rotatable bonds is 6. The average Bonchev–Trinajstić information content (AvgIpc) is 2.78. The largest absolute Gasteiger partial charge is 0.302 e. The lowest BCUT2D eigenvalue weighted by Crippen LogP contribution is -2.35. The molecule has 1 aromatic heterocycles. The number of allylic oxidation sites excluding steroid dienone is 1. The Morgan fingerprint density at radius 3 is 2.69 bits per heavy atom. The van der Waals surface area contributed by atoms with Gasteiger partial charge in [0.25, 0.3) is 0 Å². The summed E-state index contributed by atoms with van der Waals surface area (Å²) in [6.07, 6.45) is 8.28. The Balaban J connectivity index is 2.03. The molecule has 0 fully saturated rings. The van der Waals surface area contributed by atoms with E-state index in [1.165, 1.54) is 0 Å². The molecule has 1 heterocycles. The number of halogens is 2. The summed E-state index contributed by atoms with van der Waals surface area (Å²) in [7, 11) is 0. The normalized spacial score (nSPS) is 14.3. The molecule has 2 nitrogen and oxygen atoms in total. The number of alkyl halides is 2. The number of nitrogens with zero attached hydrogens (tertiary/aromatic N) is 1. The number of benzene rings is 2. The molecule has 3 rings (SSSR count). The molecule has 0 N–H and O–H groups in total. The van der Waals surface area contributed by atoms with E-state index in [9.17, 15) is 13.6 Å². The van der Waals surface area contributed by atoms with E-state index in [2.05, 4.69) is 29.1 Å². The molecule has 0 aliphatic heterocycles. The maximum atomic E-state index is 13.7. The molecule has 32 heavy (non-hydrogen) atoms. The van der Waals surface area contributed by atoms with Crippen molar-refractivity contribution in [2.24, 2.45) is 11.8 Å². The van der Waals surface area contributed by atoms with Crippen LogP contribution in [0.5, 0.6) is 0 Å². The zero-order chi connectivity index (χ0) is 23.3. The van der Waals surface area contributed by atoms with Gasteiger partial charge in [0.1, 0.15) is 0 Å². The van der Waals surface area contributed by atoms with Gasteiger partial charge in [-0.15, -0.1) is 0 Å². The maximum Gasteiger partial charge on any atom is 0.302 e. The van der Waals surface area contributed by atoms with Crippen LogP contribution in [0.25, 0.3) is 16.8 Å². The SMILES string of the molecule is CC=Cc1cccc([C@@H](C#Cc2ccc3c#cncc3c2)[C@H](C)C(C)C(=O)C(C)(F)F)c1. The fourth-order valence-electron chi connectivity index (χ4n) is 3.71. The second-order valence-corrected chi connectivity index (χ2v) is 8.11. The lowest BCUT2D eigenvalue weighted by Gasteiger charge is -2.27. The van der Waals surface area contributed by atoms with E-state index < -0.39 is 29.5 Å². The minimum atomic E-state index is -3.38. The predicted molar refractivity (Wildman–Crippen MR) is 124 cm³/mol. The molecule has 0 aliphatic rings. The molecule has 0 saturated heterocycles. The summed E-state index contributed by atoms with van der Waals surface area (Å²) < 4.78 is 27.5. The number of carbonyl (C=O) groups excluding carboxylic acids is 1. The van der Waals surface area contributed by atoms with Crippen molar-refractivity contribution in [2.75, 3.05) is 0 Å². The van der Waals surface area contributed by atoms with Crippen molar-refractivity contribution < 1.29 is 13.6 Å². The van der Waals surface area contributed by atoms with Gasteiger partial charge in [-0.25, -0.2) is 4.98 Å². The van der Waals surface area contributed by atoms with E-state index in [4.69, 9.17) is 0 Å². The molecule has 0 saturated carbocycles. The highest BCUT2D eigenvalue weighted by Crippen LogP contribution is 2.34. The molecule has 2 aromatic carbocycles. The van der Waals surface area contributed by atoms with E-state index in [1.807, 2.05) is 68.5 Å². The van der Waals surface area contributed by atoms with Crippen LogP contribution in [0.15, 0.2) is 54.7 Å². The highest BCUT2D eigenvalue weighted by atomic mass is 19.3. The van der Waals surface area contributed by atoms with Gasteiger partial charge in [-0.2, -0.15) is 8.78 Å². The summed E-state index contributed by atoms with van der Waals surface area (Å²) in [5, 5.41) is 1.78. The van der Waals surface area contributed by atoms with E-state index in [-0.39, 0.29) is 0 Å². The molecule has 4 heteroatoms. The standard InChI is InChI=1S/C28H25F2NO/c1-5-7-21-8-6-9-24(16-21)26(19(2)20(3)27(32)28(4,29)30)13-11-22-10-12-23-14-15-31-18-25(23)17-22/h5-10,12,16-20,26H,1-4H3/t19-,20?,26+/m1/s1. The molecule has 0 bridgehead atoms. The van der Waals surface area contributed by atoms with Gasteiger partial charge in [-0.3, -0.25) is 4.79 Å². The first-order valence-corrected chi connectivity index (χ1v) is 10.5. The molecule has 162 valence electrons. The van der Waals surface area contributed by atoms with Crippen molar-refractivity contribution in [3.63, 3.8) is 0 Å². The van der Waals surface area contributed by atoms with Crippen molar-refractivity contribution in [1.29, 1.82) is 0 Å². The smallest absolute Gasteiger partial charge is 0.293 e. The van der Waals surface area contributed by atoms with Gasteiger partial charge in [-0.1, -0.05) is 62.1 Å². The van der Waals surface area contributed by atoms with Crippen molar-refractivity contribution in [3.05, 3.63) is 83.7 Å². The van der Waals surface area contributed by atoms with Crippen LogP contribution in [-0.2, 0) is 4.79 Å². The summed E-state index contributed by atoms with van der Waals surface area (Å²) >= 11 is 0. The van der Waals surface area contributed by atoms with Crippen LogP contribution in [0, 0.1) is 35.9 Å².